The van der Waals surface area contributed by atoms with Crippen LogP contribution in [0, 0.1) is 0 Å². The van der Waals surface area contributed by atoms with Gasteiger partial charge in [0, 0.05) is 37.1 Å². The number of carbonyl (C=O) groups is 2. The number of rotatable bonds is 7. The average molecular weight is 360 g/mol. The van der Waals surface area contributed by atoms with Crippen LogP contribution in [0.4, 0.5) is 0 Å². The van der Waals surface area contributed by atoms with Crippen molar-refractivity contribution >= 4 is 22.8 Å². The molecule has 0 bridgehead atoms. The fraction of sp³-hybridized carbons (Fsp3) is 0.500. The lowest BCUT2D eigenvalue weighted by molar-refractivity contribution is -0.155. The molecule has 1 aromatic heterocycles. The van der Waals surface area contributed by atoms with Gasteiger partial charge in [0.25, 0.3) is 0 Å². The molecule has 0 spiro atoms. The molecule has 0 fully saturated rings. The number of ether oxygens (including phenoxy) is 2. The molecule has 2 aromatic rings. The summed E-state index contributed by atoms with van der Waals surface area (Å²) in [6.07, 6.45) is 2.79. The van der Waals surface area contributed by atoms with Gasteiger partial charge >= 0.3 is 5.97 Å². The molecule has 6 nitrogen and oxygen atoms in total. The van der Waals surface area contributed by atoms with E-state index >= 15 is 0 Å². The van der Waals surface area contributed by atoms with Crippen LogP contribution < -0.4 is 4.74 Å². The van der Waals surface area contributed by atoms with E-state index < -0.39 is 5.60 Å². The summed E-state index contributed by atoms with van der Waals surface area (Å²) in [5.41, 5.74) is 0.512. The predicted octanol–water partition coefficient (Wildman–Crippen LogP) is 3.23. The molecule has 142 valence electrons. The zero-order chi connectivity index (χ0) is 19.3. The van der Waals surface area contributed by atoms with Crippen LogP contribution in [0.3, 0.4) is 0 Å². The van der Waals surface area contributed by atoms with Crippen LogP contribution in [0.5, 0.6) is 5.75 Å². The summed E-state index contributed by atoms with van der Waals surface area (Å²) in [6, 6.07) is 7.74. The van der Waals surface area contributed by atoms with Crippen molar-refractivity contribution in [3.63, 3.8) is 0 Å². The molecule has 0 N–H and O–H groups in total. The molecule has 0 saturated heterocycles. The Morgan fingerprint density at radius 3 is 2.58 bits per heavy atom. The fourth-order valence-corrected chi connectivity index (χ4v) is 2.69. The standard InChI is InChI=1S/C20H28N2O4/c1-20(2,3)26-19(24)7-6-11-21(4)18(23)14-22-12-10-15-13-16(25-5)8-9-17(15)22/h8-10,12-13H,6-7,11,14H2,1-5H3. The van der Waals surface area contributed by atoms with E-state index in [-0.39, 0.29) is 18.4 Å². The number of benzene rings is 1. The Kier molecular flexibility index (Phi) is 6.29. The largest absolute Gasteiger partial charge is 0.497 e. The Hall–Kier alpha value is -2.50. The molecular weight excluding hydrogens is 332 g/mol. The zero-order valence-electron chi connectivity index (χ0n) is 16.2. The highest BCUT2D eigenvalue weighted by molar-refractivity contribution is 5.84. The van der Waals surface area contributed by atoms with Crippen molar-refractivity contribution in [3.8, 4) is 5.75 Å². The van der Waals surface area contributed by atoms with Crippen LogP contribution in [0.25, 0.3) is 10.9 Å². The van der Waals surface area contributed by atoms with Gasteiger partial charge in [-0.05, 0) is 51.5 Å². The van der Waals surface area contributed by atoms with Crippen LogP contribution in [0.2, 0.25) is 0 Å². The number of aromatic nitrogens is 1. The lowest BCUT2D eigenvalue weighted by Crippen LogP contribution is -2.31. The Bertz CT molecular complexity index is 774. The number of fused-ring (bicyclic) bond motifs is 1. The Morgan fingerprint density at radius 2 is 1.92 bits per heavy atom. The number of carbonyl (C=O) groups excluding carboxylic acids is 2. The van der Waals surface area contributed by atoms with Gasteiger partial charge in [-0.1, -0.05) is 0 Å². The molecule has 0 radical (unpaired) electrons. The zero-order valence-corrected chi connectivity index (χ0v) is 16.2. The van der Waals surface area contributed by atoms with Crippen LogP contribution in [-0.2, 0) is 20.9 Å². The van der Waals surface area contributed by atoms with Gasteiger partial charge in [0.2, 0.25) is 5.91 Å². The highest BCUT2D eigenvalue weighted by atomic mass is 16.6. The number of esters is 1. The van der Waals surface area contributed by atoms with Crippen molar-refractivity contribution in [3.05, 3.63) is 30.5 Å². The molecular formula is C20H28N2O4. The monoisotopic (exact) mass is 360 g/mol. The summed E-state index contributed by atoms with van der Waals surface area (Å²) in [7, 11) is 3.39. The summed E-state index contributed by atoms with van der Waals surface area (Å²) in [5, 5.41) is 1.03. The third-order valence-electron chi connectivity index (χ3n) is 4.00. The number of likely N-dealkylation sites (N-methyl/N-ethyl adjacent to an activating group) is 1. The van der Waals surface area contributed by atoms with E-state index in [0.29, 0.717) is 19.4 Å². The van der Waals surface area contributed by atoms with Gasteiger partial charge in [0.15, 0.2) is 0 Å². The maximum atomic E-state index is 12.4. The molecule has 0 saturated carbocycles. The first kappa shape index (κ1) is 19.8. The number of nitrogens with zero attached hydrogens (tertiary/aromatic N) is 2. The van der Waals surface area contributed by atoms with Crippen LogP contribution in [0.15, 0.2) is 30.5 Å². The quantitative estimate of drug-likeness (QED) is 0.711. The number of hydrogen-bond acceptors (Lipinski definition) is 4. The normalized spacial score (nSPS) is 11.4. The van der Waals surface area contributed by atoms with E-state index in [0.717, 1.165) is 16.7 Å². The average Bonchev–Trinajstić information content (AvgIpc) is 2.95. The summed E-state index contributed by atoms with van der Waals surface area (Å²) < 4.78 is 12.4. The van der Waals surface area contributed by atoms with Crippen molar-refractivity contribution < 1.29 is 19.1 Å². The fourth-order valence-electron chi connectivity index (χ4n) is 2.69. The minimum Gasteiger partial charge on any atom is -0.497 e. The van der Waals surface area contributed by atoms with E-state index in [1.54, 1.807) is 19.1 Å². The minimum atomic E-state index is -0.475. The van der Waals surface area contributed by atoms with Gasteiger partial charge in [0.1, 0.15) is 17.9 Å². The van der Waals surface area contributed by atoms with Gasteiger partial charge in [-0.2, -0.15) is 0 Å². The highest BCUT2D eigenvalue weighted by Crippen LogP contribution is 2.21. The van der Waals surface area contributed by atoms with Crippen molar-refractivity contribution in [2.24, 2.45) is 0 Å². The molecule has 0 aliphatic heterocycles. The molecule has 1 aromatic carbocycles. The lowest BCUT2D eigenvalue weighted by atomic mass is 10.2. The van der Waals surface area contributed by atoms with Crippen molar-refractivity contribution in [2.75, 3.05) is 20.7 Å². The topological polar surface area (TPSA) is 60.8 Å². The predicted molar refractivity (Wildman–Crippen MR) is 101 cm³/mol. The highest BCUT2D eigenvalue weighted by Gasteiger charge is 2.17. The second kappa shape index (κ2) is 8.25. The smallest absolute Gasteiger partial charge is 0.306 e. The maximum Gasteiger partial charge on any atom is 0.306 e. The van der Waals surface area contributed by atoms with Crippen LogP contribution in [0.1, 0.15) is 33.6 Å². The lowest BCUT2D eigenvalue weighted by Gasteiger charge is -2.21. The second-order valence-electron chi connectivity index (χ2n) is 7.37. The molecule has 1 amide bonds. The van der Waals surface area contributed by atoms with Gasteiger partial charge in [0.05, 0.1) is 7.11 Å². The van der Waals surface area contributed by atoms with Crippen molar-refractivity contribution in [2.45, 2.75) is 45.8 Å². The summed E-state index contributed by atoms with van der Waals surface area (Å²) >= 11 is 0. The molecule has 26 heavy (non-hydrogen) atoms. The first-order valence-electron chi connectivity index (χ1n) is 8.78. The van der Waals surface area contributed by atoms with E-state index in [2.05, 4.69) is 0 Å². The summed E-state index contributed by atoms with van der Waals surface area (Å²) in [6.45, 7) is 6.32. The van der Waals surface area contributed by atoms with Crippen molar-refractivity contribution in [1.29, 1.82) is 0 Å². The molecule has 0 aliphatic rings. The number of amides is 1. The van der Waals surface area contributed by atoms with E-state index in [1.807, 2.05) is 55.8 Å². The summed E-state index contributed by atoms with van der Waals surface area (Å²) in [5.74, 6) is 0.562. The molecule has 0 atom stereocenters. The molecule has 1 heterocycles. The molecule has 6 heteroatoms. The van der Waals surface area contributed by atoms with Gasteiger partial charge in [-0.3, -0.25) is 9.59 Å². The molecule has 0 aliphatic carbocycles. The second-order valence-corrected chi connectivity index (χ2v) is 7.37. The third-order valence-corrected chi connectivity index (χ3v) is 4.00. The van der Waals surface area contributed by atoms with Crippen LogP contribution in [-0.4, -0.2) is 47.6 Å². The number of methoxy groups -OCH3 is 1. The number of hydrogen-bond donors (Lipinski definition) is 0. The Balaban J connectivity index is 1.86. The van der Waals surface area contributed by atoms with Gasteiger partial charge in [-0.15, -0.1) is 0 Å². The third kappa shape index (κ3) is 5.51. The minimum absolute atomic E-state index is 0.00232. The van der Waals surface area contributed by atoms with E-state index in [4.69, 9.17) is 9.47 Å². The van der Waals surface area contributed by atoms with Gasteiger partial charge < -0.3 is 18.9 Å². The van der Waals surface area contributed by atoms with E-state index in [1.165, 1.54) is 0 Å². The maximum absolute atomic E-state index is 12.4. The van der Waals surface area contributed by atoms with Crippen molar-refractivity contribution in [1.82, 2.24) is 9.47 Å². The molecule has 2 rings (SSSR count). The van der Waals surface area contributed by atoms with E-state index in [9.17, 15) is 9.59 Å². The first-order chi connectivity index (χ1) is 12.2. The SMILES string of the molecule is COc1ccc2c(ccn2CC(=O)N(C)CCCC(=O)OC(C)(C)C)c1. The Morgan fingerprint density at radius 1 is 1.19 bits per heavy atom. The first-order valence-corrected chi connectivity index (χ1v) is 8.78. The Labute approximate surface area is 154 Å². The van der Waals surface area contributed by atoms with Gasteiger partial charge in [-0.25, -0.2) is 0 Å². The molecule has 0 unspecified atom stereocenters. The van der Waals surface area contributed by atoms with Crippen LogP contribution >= 0.6 is 0 Å². The summed E-state index contributed by atoms with van der Waals surface area (Å²) in [4.78, 5) is 25.8.